The lowest BCUT2D eigenvalue weighted by molar-refractivity contribution is -0.137. The fourth-order valence-electron chi connectivity index (χ4n) is 2.99. The van der Waals surface area contributed by atoms with Crippen molar-refractivity contribution >= 4 is 17.4 Å². The van der Waals surface area contributed by atoms with E-state index in [-0.39, 0.29) is 12.4 Å². The van der Waals surface area contributed by atoms with Gasteiger partial charge in [0, 0.05) is 18.9 Å². The summed E-state index contributed by atoms with van der Waals surface area (Å²) in [5.41, 5.74) is 5.17. The maximum atomic E-state index is 13.0. The summed E-state index contributed by atoms with van der Waals surface area (Å²) < 4.78 is 45.7. The molecule has 0 aliphatic carbocycles. The first-order valence-electron chi connectivity index (χ1n) is 8.36. The Morgan fingerprint density at radius 3 is 2.82 bits per heavy atom. The minimum Gasteiger partial charge on any atom is -0.367 e. The number of imidazole rings is 1. The van der Waals surface area contributed by atoms with Gasteiger partial charge in [-0.1, -0.05) is 0 Å². The molecule has 0 bridgehead atoms. The lowest BCUT2D eigenvalue weighted by Gasteiger charge is -2.32. The predicted octanol–water partition coefficient (Wildman–Crippen LogP) is 1.50. The van der Waals surface area contributed by atoms with E-state index in [1.54, 1.807) is 6.07 Å². The molecule has 0 radical (unpaired) electrons. The molecule has 0 unspecified atom stereocenters. The van der Waals surface area contributed by atoms with Gasteiger partial charge in [0.1, 0.15) is 17.2 Å². The van der Waals surface area contributed by atoms with Gasteiger partial charge in [-0.2, -0.15) is 13.2 Å². The van der Waals surface area contributed by atoms with Crippen LogP contribution in [0.25, 0.3) is 17.2 Å². The van der Waals surface area contributed by atoms with Crippen molar-refractivity contribution in [2.45, 2.75) is 12.3 Å². The number of ether oxygens (including phenoxy) is 1. The maximum Gasteiger partial charge on any atom is 0.417 e. The Balaban J connectivity index is 1.71. The topological polar surface area (TPSA) is 98.6 Å². The van der Waals surface area contributed by atoms with E-state index in [1.807, 2.05) is 4.90 Å². The van der Waals surface area contributed by atoms with Gasteiger partial charge in [-0.25, -0.2) is 15.0 Å². The van der Waals surface area contributed by atoms with E-state index in [2.05, 4.69) is 15.0 Å². The van der Waals surface area contributed by atoms with Crippen molar-refractivity contribution in [2.75, 3.05) is 24.6 Å². The van der Waals surface area contributed by atoms with Crippen molar-refractivity contribution in [3.63, 3.8) is 0 Å². The fourth-order valence-corrected chi connectivity index (χ4v) is 2.99. The summed E-state index contributed by atoms with van der Waals surface area (Å²) in [4.78, 5) is 25.9. The lowest BCUT2D eigenvalue weighted by Crippen LogP contribution is -2.48. The molecule has 146 valence electrons. The zero-order chi connectivity index (χ0) is 19.9. The van der Waals surface area contributed by atoms with Crippen LogP contribution in [0.4, 0.5) is 19.0 Å². The van der Waals surface area contributed by atoms with Crippen LogP contribution in [0, 0.1) is 0 Å². The lowest BCUT2D eigenvalue weighted by atomic mass is 10.2. The average Bonchev–Trinajstić information content (AvgIpc) is 3.11. The van der Waals surface area contributed by atoms with Gasteiger partial charge >= 0.3 is 6.18 Å². The molecule has 8 nitrogen and oxygen atoms in total. The molecule has 2 N–H and O–H groups in total. The molecule has 4 heterocycles. The van der Waals surface area contributed by atoms with E-state index in [4.69, 9.17) is 10.5 Å². The van der Waals surface area contributed by atoms with Crippen LogP contribution in [0.2, 0.25) is 0 Å². The van der Waals surface area contributed by atoms with Crippen LogP contribution in [-0.2, 0) is 15.7 Å². The van der Waals surface area contributed by atoms with Crippen molar-refractivity contribution in [2.24, 2.45) is 5.73 Å². The third-order valence-corrected chi connectivity index (χ3v) is 4.41. The maximum absolute atomic E-state index is 13.0. The Bertz CT molecular complexity index is 1040. The van der Waals surface area contributed by atoms with Crippen LogP contribution in [-0.4, -0.2) is 51.1 Å². The fraction of sp³-hybridized carbons (Fsp3) is 0.294. The number of hydrogen-bond acceptors (Lipinski definition) is 6. The van der Waals surface area contributed by atoms with Gasteiger partial charge in [0.25, 0.3) is 0 Å². The van der Waals surface area contributed by atoms with Crippen molar-refractivity contribution < 1.29 is 22.7 Å². The molecule has 28 heavy (non-hydrogen) atoms. The number of morpholine rings is 1. The first-order chi connectivity index (χ1) is 13.3. The second kappa shape index (κ2) is 6.75. The number of primary amides is 1. The summed E-state index contributed by atoms with van der Waals surface area (Å²) in [7, 11) is 0. The van der Waals surface area contributed by atoms with Crippen molar-refractivity contribution in [1.82, 2.24) is 19.4 Å². The molecule has 1 atom stereocenters. The van der Waals surface area contributed by atoms with Gasteiger partial charge in [-0.05, 0) is 18.2 Å². The minimum atomic E-state index is -4.48. The summed E-state index contributed by atoms with van der Waals surface area (Å²) in [5.74, 6) is 0.161. The number of fused-ring (bicyclic) bond motifs is 1. The Kier molecular flexibility index (Phi) is 4.38. The van der Waals surface area contributed by atoms with Crippen LogP contribution in [0.15, 0.2) is 36.8 Å². The van der Waals surface area contributed by atoms with Crippen molar-refractivity contribution in [3.8, 4) is 11.5 Å². The first-order valence-corrected chi connectivity index (χ1v) is 8.36. The highest BCUT2D eigenvalue weighted by molar-refractivity contribution is 5.79. The highest BCUT2D eigenvalue weighted by Crippen LogP contribution is 2.30. The molecule has 4 rings (SSSR count). The largest absolute Gasteiger partial charge is 0.417 e. The first kappa shape index (κ1) is 18.2. The summed E-state index contributed by atoms with van der Waals surface area (Å²) in [6, 6.07) is 3.91. The summed E-state index contributed by atoms with van der Waals surface area (Å²) in [6.45, 7) is 1.03. The molecule has 11 heteroatoms. The molecule has 3 aromatic heterocycles. The Morgan fingerprint density at radius 1 is 1.25 bits per heavy atom. The predicted molar refractivity (Wildman–Crippen MR) is 92.4 cm³/mol. The molecule has 1 aliphatic rings. The summed E-state index contributed by atoms with van der Waals surface area (Å²) in [6.07, 6.45) is -1.35. The number of nitrogens with two attached hydrogens (primary N) is 1. The van der Waals surface area contributed by atoms with Crippen molar-refractivity contribution in [1.29, 1.82) is 0 Å². The number of anilines is 1. The Hall–Kier alpha value is -3.21. The van der Waals surface area contributed by atoms with Crippen LogP contribution in [0.5, 0.6) is 0 Å². The Morgan fingerprint density at radius 2 is 2.07 bits per heavy atom. The van der Waals surface area contributed by atoms with E-state index in [9.17, 15) is 18.0 Å². The van der Waals surface area contributed by atoms with E-state index in [1.165, 1.54) is 22.9 Å². The number of carbonyl (C=O) groups is 1. The number of aromatic nitrogens is 4. The van der Waals surface area contributed by atoms with E-state index in [0.717, 1.165) is 12.3 Å². The van der Waals surface area contributed by atoms with Crippen LogP contribution in [0.3, 0.4) is 0 Å². The molecule has 3 aromatic rings. The number of pyridine rings is 1. The smallest absolute Gasteiger partial charge is 0.367 e. The molecule has 0 saturated carbocycles. The zero-order valence-corrected chi connectivity index (χ0v) is 14.4. The average molecular weight is 392 g/mol. The summed E-state index contributed by atoms with van der Waals surface area (Å²) >= 11 is 0. The SMILES string of the molecule is NC(=O)[C@@H]1CN(c2ccnc(-c3cnc4ccc(C(F)(F)F)cn34)n2)CCO1. The molecule has 1 fully saturated rings. The molecule has 0 spiro atoms. The van der Waals surface area contributed by atoms with Gasteiger partial charge in [-0.15, -0.1) is 0 Å². The van der Waals surface area contributed by atoms with Gasteiger partial charge in [0.05, 0.1) is 24.9 Å². The second-order valence-electron chi connectivity index (χ2n) is 6.23. The summed E-state index contributed by atoms with van der Waals surface area (Å²) in [5, 5.41) is 0. The number of nitrogens with zero attached hydrogens (tertiary/aromatic N) is 5. The van der Waals surface area contributed by atoms with Gasteiger partial charge in [0.2, 0.25) is 5.91 Å². The quantitative estimate of drug-likeness (QED) is 0.725. The Labute approximate surface area is 156 Å². The van der Waals surface area contributed by atoms with Gasteiger partial charge in [-0.3, -0.25) is 9.20 Å². The number of hydrogen-bond donors (Lipinski definition) is 1. The minimum absolute atomic E-state index is 0.214. The van der Waals surface area contributed by atoms with E-state index < -0.39 is 23.8 Å². The zero-order valence-electron chi connectivity index (χ0n) is 14.4. The number of rotatable bonds is 3. The number of amides is 1. The third kappa shape index (κ3) is 3.36. The third-order valence-electron chi connectivity index (χ3n) is 4.41. The molecule has 1 aliphatic heterocycles. The monoisotopic (exact) mass is 392 g/mol. The van der Waals surface area contributed by atoms with E-state index >= 15 is 0 Å². The molecular formula is C17H15F3N6O2. The highest BCUT2D eigenvalue weighted by Gasteiger charge is 2.31. The van der Waals surface area contributed by atoms with Crippen LogP contribution < -0.4 is 10.6 Å². The number of halogens is 3. The van der Waals surface area contributed by atoms with Crippen molar-refractivity contribution in [3.05, 3.63) is 42.4 Å². The molecule has 1 amide bonds. The van der Waals surface area contributed by atoms with Crippen LogP contribution in [0.1, 0.15) is 5.56 Å². The van der Waals surface area contributed by atoms with Gasteiger partial charge < -0.3 is 15.4 Å². The molecule has 0 aromatic carbocycles. The van der Waals surface area contributed by atoms with Gasteiger partial charge in [0.15, 0.2) is 11.9 Å². The molecular weight excluding hydrogens is 377 g/mol. The highest BCUT2D eigenvalue weighted by atomic mass is 19.4. The van der Waals surface area contributed by atoms with Crippen LogP contribution >= 0.6 is 0 Å². The number of alkyl halides is 3. The molecule has 1 saturated heterocycles. The number of carbonyl (C=O) groups excluding carboxylic acids is 1. The second-order valence-corrected chi connectivity index (χ2v) is 6.23. The van der Waals surface area contributed by atoms with E-state index in [0.29, 0.717) is 30.3 Å². The normalized spacial score (nSPS) is 17.8. The standard InChI is InChI=1S/C17H15F3N6O2/c18-17(19,20)10-1-2-13-23-7-11(26(13)8-10)16-22-4-3-14(24-16)25-5-6-28-12(9-25)15(21)27/h1-4,7-8,12H,5-6,9H2,(H2,21,27)/t12-/m0/s1.